The molecule has 18 nitrogen and oxygen atoms in total. The number of hydrogen-bond donors (Lipinski definition) is 7. The molecule has 0 aromatic heterocycles. The third-order valence-corrected chi connectivity index (χ3v) is 11.0. The standard InChI is InChI=1S/C44H71N9O9/c1-31(2)39(48-43(57)46-15-17-51-19-23-60-24-20-51)41(55)37(38(45)34-9-7-6-8-10-34)36(54)30-53(29-33-11-13-35(14-12-33)62-28-27-59-5)50-42(56)40(32(3)4)49-44(58)47-16-18-52-21-25-61-26-22-52/h6-14,31-32,36-40,54H,15-30,45H2,1-5H3,(H,50,56)(H2,46,48,57)(H2,47,49,58)/t36-,37-,38?,39+,40+/m1/s1. The molecule has 8 N–H and O–H groups in total. The third kappa shape index (κ3) is 17.0. The van der Waals surface area contributed by atoms with Gasteiger partial charge in [-0.15, -0.1) is 0 Å². The Labute approximate surface area is 366 Å². The first-order chi connectivity index (χ1) is 29.9. The molecule has 2 aliphatic heterocycles. The number of hydrogen-bond acceptors (Lipinski definition) is 13. The SMILES string of the molecule is COCCOc1ccc(CN(C[C@@H](O)[C@@H](C(=O)[C@@H](NC(=O)NCCN2CCOCC2)C(C)C)C(N)c2ccccc2)NC(=O)[C@@H](NC(=O)NCCN2CCOCC2)C(C)C)cc1. The molecule has 0 bridgehead atoms. The number of benzene rings is 2. The molecule has 2 fully saturated rings. The molecule has 2 aromatic carbocycles. The monoisotopic (exact) mass is 870 g/mol. The van der Waals surface area contributed by atoms with Crippen LogP contribution in [0.5, 0.6) is 5.75 Å². The van der Waals surface area contributed by atoms with Crippen LogP contribution in [0.25, 0.3) is 0 Å². The molecule has 5 atom stereocenters. The minimum Gasteiger partial charge on any atom is -0.491 e. The van der Waals surface area contributed by atoms with Crippen LogP contribution in [0.4, 0.5) is 9.59 Å². The molecule has 62 heavy (non-hydrogen) atoms. The van der Waals surface area contributed by atoms with Gasteiger partial charge in [0.15, 0.2) is 5.78 Å². The molecule has 2 heterocycles. The second-order valence-electron chi connectivity index (χ2n) is 16.4. The Hall–Kier alpha value is -4.40. The van der Waals surface area contributed by atoms with Crippen molar-refractivity contribution in [2.45, 2.75) is 58.5 Å². The number of methoxy groups -OCH3 is 1. The van der Waals surface area contributed by atoms with Crippen LogP contribution in [0.3, 0.4) is 0 Å². The van der Waals surface area contributed by atoms with Crippen molar-refractivity contribution in [2.75, 3.05) is 106 Å². The van der Waals surface area contributed by atoms with E-state index >= 15 is 0 Å². The van der Waals surface area contributed by atoms with Gasteiger partial charge in [-0.3, -0.25) is 24.8 Å². The van der Waals surface area contributed by atoms with Crippen LogP contribution in [0.15, 0.2) is 54.6 Å². The molecule has 2 aromatic rings. The number of hydrazine groups is 1. The topological polar surface area (TPSA) is 221 Å². The summed E-state index contributed by atoms with van der Waals surface area (Å²) in [5, 5.41) is 25.1. The fourth-order valence-electron chi connectivity index (χ4n) is 7.36. The van der Waals surface area contributed by atoms with Crippen LogP contribution < -0.4 is 37.2 Å². The van der Waals surface area contributed by atoms with Crippen molar-refractivity contribution in [1.29, 1.82) is 0 Å². The predicted molar refractivity (Wildman–Crippen MR) is 235 cm³/mol. The smallest absolute Gasteiger partial charge is 0.315 e. The lowest BCUT2D eigenvalue weighted by atomic mass is 9.80. The molecule has 2 aliphatic rings. The number of aliphatic hydroxyl groups excluding tert-OH is 1. The Balaban J connectivity index is 1.54. The summed E-state index contributed by atoms with van der Waals surface area (Å²) in [5.41, 5.74) is 11.2. The van der Waals surface area contributed by atoms with Crippen molar-refractivity contribution in [3.8, 4) is 5.75 Å². The highest BCUT2D eigenvalue weighted by atomic mass is 16.5. The van der Waals surface area contributed by atoms with E-state index in [1.54, 1.807) is 43.5 Å². The number of carbonyl (C=O) groups excluding carboxylic acids is 4. The number of morpholine rings is 2. The maximum absolute atomic E-state index is 14.7. The Kier molecular flexibility index (Phi) is 21.8. The number of ketones is 1. The quantitative estimate of drug-likeness (QED) is 0.0550. The van der Waals surface area contributed by atoms with Gasteiger partial charge >= 0.3 is 12.1 Å². The van der Waals surface area contributed by atoms with Gasteiger partial charge < -0.3 is 51.1 Å². The molecule has 1 unspecified atom stereocenters. The zero-order valence-corrected chi connectivity index (χ0v) is 37.2. The maximum atomic E-state index is 14.7. The normalized spacial score (nSPS) is 17.5. The van der Waals surface area contributed by atoms with Gasteiger partial charge in [0.25, 0.3) is 5.91 Å². The molecule has 4 rings (SSSR count). The van der Waals surface area contributed by atoms with E-state index in [4.69, 9.17) is 24.7 Å². The van der Waals surface area contributed by atoms with Gasteiger partial charge in [0, 0.05) is 78.6 Å². The van der Waals surface area contributed by atoms with Crippen LogP contribution in [-0.4, -0.2) is 168 Å². The average Bonchev–Trinajstić information content (AvgIpc) is 3.26. The van der Waals surface area contributed by atoms with Gasteiger partial charge in [0.2, 0.25) is 0 Å². The highest BCUT2D eigenvalue weighted by Gasteiger charge is 2.40. The van der Waals surface area contributed by atoms with Crippen molar-refractivity contribution in [3.05, 3.63) is 65.7 Å². The summed E-state index contributed by atoms with van der Waals surface area (Å²) in [4.78, 5) is 59.5. The summed E-state index contributed by atoms with van der Waals surface area (Å²) in [6, 6.07) is 12.4. The highest BCUT2D eigenvalue weighted by Crippen LogP contribution is 2.27. The van der Waals surface area contributed by atoms with Crippen LogP contribution in [-0.2, 0) is 30.3 Å². The van der Waals surface area contributed by atoms with Crippen molar-refractivity contribution in [2.24, 2.45) is 23.5 Å². The largest absolute Gasteiger partial charge is 0.491 e. The van der Waals surface area contributed by atoms with Crippen molar-refractivity contribution < 1.29 is 43.2 Å². The van der Waals surface area contributed by atoms with Gasteiger partial charge in [0.05, 0.1) is 51.1 Å². The summed E-state index contributed by atoms with van der Waals surface area (Å²) in [5.74, 6) is -2.22. The Morgan fingerprint density at radius 3 is 1.82 bits per heavy atom. The number of ether oxygens (including phenoxy) is 4. The number of carbonyl (C=O) groups is 4. The molecule has 0 aliphatic carbocycles. The van der Waals surface area contributed by atoms with Gasteiger partial charge in [-0.1, -0.05) is 70.2 Å². The second kappa shape index (κ2) is 26.9. The van der Waals surface area contributed by atoms with E-state index in [9.17, 15) is 24.3 Å². The number of rotatable bonds is 25. The molecule has 0 saturated carbocycles. The first kappa shape index (κ1) is 50.2. The molecule has 0 radical (unpaired) electrons. The van der Waals surface area contributed by atoms with Crippen LogP contribution in [0, 0.1) is 17.8 Å². The van der Waals surface area contributed by atoms with Crippen molar-refractivity contribution in [1.82, 2.24) is 41.5 Å². The van der Waals surface area contributed by atoms with E-state index in [1.165, 1.54) is 5.01 Å². The summed E-state index contributed by atoms with van der Waals surface area (Å²) in [6.45, 7) is 15.7. The van der Waals surface area contributed by atoms with E-state index in [0.29, 0.717) is 77.1 Å². The number of nitrogens with zero attached hydrogens (tertiary/aromatic N) is 3. The van der Waals surface area contributed by atoms with E-state index in [2.05, 4.69) is 36.5 Å². The number of amides is 5. The number of nitrogens with one attached hydrogen (secondary N) is 5. The molecule has 346 valence electrons. The molecular weight excluding hydrogens is 799 g/mol. The van der Waals surface area contributed by atoms with Gasteiger partial charge in [-0.2, -0.15) is 0 Å². The van der Waals surface area contributed by atoms with Crippen LogP contribution in [0.2, 0.25) is 0 Å². The first-order valence-corrected chi connectivity index (χ1v) is 21.8. The number of urea groups is 2. The Morgan fingerprint density at radius 2 is 1.31 bits per heavy atom. The van der Waals surface area contributed by atoms with Crippen LogP contribution >= 0.6 is 0 Å². The van der Waals surface area contributed by atoms with Gasteiger partial charge in [-0.25, -0.2) is 14.6 Å². The van der Waals surface area contributed by atoms with Gasteiger partial charge in [-0.05, 0) is 35.1 Å². The molecule has 2 saturated heterocycles. The predicted octanol–water partition coefficient (Wildman–Crippen LogP) is 1.10. The molecule has 18 heteroatoms. The third-order valence-electron chi connectivity index (χ3n) is 11.0. The highest BCUT2D eigenvalue weighted by molar-refractivity contribution is 5.91. The van der Waals surface area contributed by atoms with Gasteiger partial charge in [0.1, 0.15) is 18.4 Å². The summed E-state index contributed by atoms with van der Waals surface area (Å²) >= 11 is 0. The Bertz CT molecular complexity index is 1630. The van der Waals surface area contributed by atoms with E-state index in [1.807, 2.05) is 45.9 Å². The molecule has 5 amide bonds. The fourth-order valence-corrected chi connectivity index (χ4v) is 7.36. The average molecular weight is 870 g/mol. The van der Waals surface area contributed by atoms with E-state index in [0.717, 1.165) is 31.7 Å². The lowest BCUT2D eigenvalue weighted by Crippen LogP contribution is -2.59. The fraction of sp³-hybridized carbons (Fsp3) is 0.636. The lowest BCUT2D eigenvalue weighted by Gasteiger charge is -2.35. The van der Waals surface area contributed by atoms with E-state index in [-0.39, 0.29) is 24.9 Å². The number of nitrogens with two attached hydrogens (primary N) is 1. The van der Waals surface area contributed by atoms with Crippen LogP contribution in [0.1, 0.15) is 44.9 Å². The lowest BCUT2D eigenvalue weighted by molar-refractivity contribution is -0.133. The first-order valence-electron chi connectivity index (χ1n) is 21.8. The number of aliphatic hydroxyl groups is 1. The zero-order chi connectivity index (χ0) is 44.9. The maximum Gasteiger partial charge on any atom is 0.315 e. The van der Waals surface area contributed by atoms with E-state index < -0.39 is 53.9 Å². The van der Waals surface area contributed by atoms with Crippen molar-refractivity contribution >= 4 is 23.8 Å². The molecule has 0 spiro atoms. The second-order valence-corrected chi connectivity index (χ2v) is 16.4. The minimum absolute atomic E-state index is 0.108. The summed E-state index contributed by atoms with van der Waals surface area (Å²) < 4.78 is 21.7. The van der Waals surface area contributed by atoms with Crippen molar-refractivity contribution in [3.63, 3.8) is 0 Å². The summed E-state index contributed by atoms with van der Waals surface area (Å²) in [7, 11) is 1.60. The zero-order valence-electron chi connectivity index (χ0n) is 37.2. The summed E-state index contributed by atoms with van der Waals surface area (Å²) in [6.07, 6.45) is -1.43. The number of Topliss-reactive ketones (excluding diaryl/α,β-unsaturated/α-hetero) is 1. The molecular formula is C44H71N9O9. The minimum atomic E-state index is -1.43. The Morgan fingerprint density at radius 1 is 0.774 bits per heavy atom.